The molecule has 1 aliphatic heterocycles. The Morgan fingerprint density at radius 3 is 2.23 bits per heavy atom. The maximum atomic E-state index is 14.8. The Kier molecular flexibility index (Phi) is 6.76. The summed E-state index contributed by atoms with van der Waals surface area (Å²) in [4.78, 5) is 12.5. The van der Waals surface area contributed by atoms with Crippen LogP contribution in [0.15, 0.2) is 12.1 Å². The Labute approximate surface area is 184 Å². The van der Waals surface area contributed by atoms with Gasteiger partial charge in [0.25, 0.3) is 5.91 Å². The van der Waals surface area contributed by atoms with Crippen molar-refractivity contribution in [1.29, 1.82) is 5.41 Å². The molecule has 0 spiro atoms. The normalized spacial score (nSPS) is 22.5. The highest BCUT2D eigenvalue weighted by molar-refractivity contribution is 7.87. The number of carbonyl (C=O) groups excluding carboxylic acids is 1. The second-order valence-electron chi connectivity index (χ2n) is 9.75. The lowest BCUT2D eigenvalue weighted by Gasteiger charge is -2.37. The predicted octanol–water partition coefficient (Wildman–Crippen LogP) is 3.91. The molecule has 1 saturated carbocycles. The Balaban J connectivity index is 1.76. The van der Waals surface area contributed by atoms with Crippen LogP contribution in [-0.2, 0) is 10.2 Å². The molecule has 7 nitrogen and oxygen atoms in total. The highest BCUT2D eigenvalue weighted by atomic mass is 32.2. The molecular formula is C22H33FN4O3S. The molecule has 2 fully saturated rings. The second-order valence-corrected chi connectivity index (χ2v) is 11.4. The van der Waals surface area contributed by atoms with Crippen LogP contribution in [0.2, 0.25) is 0 Å². The Morgan fingerprint density at radius 2 is 1.74 bits per heavy atom. The lowest BCUT2D eigenvalue weighted by atomic mass is 9.71. The number of hydrogen-bond donors (Lipinski definition) is 3. The van der Waals surface area contributed by atoms with Gasteiger partial charge in [-0.05, 0) is 62.5 Å². The summed E-state index contributed by atoms with van der Waals surface area (Å²) in [6.45, 7) is 9.01. The van der Waals surface area contributed by atoms with Crippen molar-refractivity contribution >= 4 is 27.5 Å². The van der Waals surface area contributed by atoms with Crippen LogP contribution in [0.1, 0.15) is 75.7 Å². The van der Waals surface area contributed by atoms with E-state index < -0.39 is 21.9 Å². The number of carbonyl (C=O) groups is 1. The maximum absolute atomic E-state index is 14.8. The standard InChI is InChI=1S/C22H33FN4O3S/c1-14(24)17-12-18(21(28)26-31(29,30)27-10-5-11-27)19(23)13-20(17)25-16-8-6-15(7-9-16)22(2,3)4/h12-13,15-16,24-25H,5-11H2,1-4H3,(H,26,28). The molecule has 0 atom stereocenters. The number of hydrogen-bond acceptors (Lipinski definition) is 5. The molecule has 2 aliphatic rings. The van der Waals surface area contributed by atoms with Crippen LogP contribution in [0.25, 0.3) is 0 Å². The van der Waals surface area contributed by atoms with E-state index in [4.69, 9.17) is 5.41 Å². The summed E-state index contributed by atoms with van der Waals surface area (Å²) in [6.07, 6.45) is 4.81. The topological polar surface area (TPSA) is 102 Å². The van der Waals surface area contributed by atoms with Gasteiger partial charge in [0, 0.05) is 36.1 Å². The van der Waals surface area contributed by atoms with Gasteiger partial charge in [-0.3, -0.25) is 4.79 Å². The van der Waals surface area contributed by atoms with Crippen molar-refractivity contribution in [2.75, 3.05) is 18.4 Å². The summed E-state index contributed by atoms with van der Waals surface area (Å²) in [5.41, 5.74) is 0.912. The fraction of sp³-hybridized carbons (Fsp3) is 0.636. The molecule has 1 aliphatic carbocycles. The lowest BCUT2D eigenvalue weighted by Crippen LogP contribution is -2.49. The fourth-order valence-electron chi connectivity index (χ4n) is 4.26. The zero-order chi connectivity index (χ0) is 23.0. The van der Waals surface area contributed by atoms with E-state index in [1.165, 1.54) is 12.1 Å². The summed E-state index contributed by atoms with van der Waals surface area (Å²) in [5, 5.41) is 11.4. The monoisotopic (exact) mass is 452 g/mol. The van der Waals surface area contributed by atoms with Gasteiger partial charge in [0.05, 0.1) is 5.56 Å². The van der Waals surface area contributed by atoms with E-state index in [2.05, 4.69) is 26.1 Å². The minimum atomic E-state index is -3.97. The first-order valence-corrected chi connectivity index (χ1v) is 12.3. The van der Waals surface area contributed by atoms with Crippen LogP contribution in [0.3, 0.4) is 0 Å². The first-order valence-electron chi connectivity index (χ1n) is 10.9. The van der Waals surface area contributed by atoms with Gasteiger partial charge in [-0.1, -0.05) is 20.8 Å². The zero-order valence-electron chi connectivity index (χ0n) is 18.7. The van der Waals surface area contributed by atoms with Crippen molar-refractivity contribution in [1.82, 2.24) is 9.03 Å². The molecule has 31 heavy (non-hydrogen) atoms. The lowest BCUT2D eigenvalue weighted by molar-refractivity contribution is 0.0974. The molecule has 0 aromatic heterocycles. The first-order chi connectivity index (χ1) is 14.4. The van der Waals surface area contributed by atoms with E-state index >= 15 is 0 Å². The molecular weight excluding hydrogens is 419 g/mol. The second kappa shape index (κ2) is 8.86. The molecule has 3 rings (SSSR count). The van der Waals surface area contributed by atoms with Crippen LogP contribution in [0, 0.1) is 22.6 Å². The van der Waals surface area contributed by atoms with Crippen LogP contribution >= 0.6 is 0 Å². The Hall–Kier alpha value is -2.00. The van der Waals surface area contributed by atoms with Crippen molar-refractivity contribution in [3.8, 4) is 0 Å². The molecule has 9 heteroatoms. The van der Waals surface area contributed by atoms with Gasteiger partial charge in [0.1, 0.15) is 5.82 Å². The fourth-order valence-corrected chi connectivity index (χ4v) is 5.48. The predicted molar refractivity (Wildman–Crippen MR) is 120 cm³/mol. The van der Waals surface area contributed by atoms with Crippen LogP contribution in [0.4, 0.5) is 10.1 Å². The molecule has 1 saturated heterocycles. The summed E-state index contributed by atoms with van der Waals surface area (Å²) in [7, 11) is -3.97. The third kappa shape index (κ3) is 5.44. The van der Waals surface area contributed by atoms with Gasteiger partial charge in [0.15, 0.2) is 0 Å². The number of rotatable bonds is 6. The van der Waals surface area contributed by atoms with Gasteiger partial charge in [-0.15, -0.1) is 0 Å². The maximum Gasteiger partial charge on any atom is 0.304 e. The van der Waals surface area contributed by atoms with Crippen LogP contribution in [0.5, 0.6) is 0 Å². The molecule has 0 radical (unpaired) electrons. The van der Waals surface area contributed by atoms with Gasteiger partial charge in [0.2, 0.25) is 0 Å². The smallest absolute Gasteiger partial charge is 0.304 e. The molecule has 172 valence electrons. The van der Waals surface area contributed by atoms with Gasteiger partial charge in [-0.2, -0.15) is 12.7 Å². The van der Waals surface area contributed by atoms with Crippen molar-refractivity contribution in [3.63, 3.8) is 0 Å². The van der Waals surface area contributed by atoms with E-state index in [0.29, 0.717) is 30.3 Å². The highest BCUT2D eigenvalue weighted by Crippen LogP contribution is 2.38. The molecule has 0 unspecified atom stereocenters. The molecule has 1 heterocycles. The molecule has 1 amide bonds. The average molecular weight is 453 g/mol. The number of halogens is 1. The average Bonchev–Trinajstić information content (AvgIpc) is 2.58. The Bertz CT molecular complexity index is 960. The number of benzene rings is 1. The quantitative estimate of drug-likeness (QED) is 0.570. The summed E-state index contributed by atoms with van der Waals surface area (Å²) < 4.78 is 42.2. The largest absolute Gasteiger partial charge is 0.382 e. The van der Waals surface area contributed by atoms with Gasteiger partial charge in [-0.25, -0.2) is 9.11 Å². The molecule has 3 N–H and O–H groups in total. The van der Waals surface area contributed by atoms with E-state index in [1.54, 1.807) is 6.92 Å². The SMILES string of the molecule is CC(=N)c1cc(C(=O)NS(=O)(=O)N2CCC2)c(F)cc1NC1CCC(C(C)(C)C)CC1. The third-order valence-electron chi connectivity index (χ3n) is 6.44. The molecule has 0 bridgehead atoms. The Morgan fingerprint density at radius 1 is 1.13 bits per heavy atom. The van der Waals surface area contributed by atoms with Gasteiger partial charge < -0.3 is 10.7 Å². The van der Waals surface area contributed by atoms with E-state index in [-0.39, 0.29) is 22.7 Å². The van der Waals surface area contributed by atoms with Crippen molar-refractivity contribution in [2.24, 2.45) is 11.3 Å². The van der Waals surface area contributed by atoms with Crippen LogP contribution in [-0.4, -0.2) is 43.5 Å². The zero-order valence-corrected chi connectivity index (χ0v) is 19.5. The molecule has 1 aromatic carbocycles. The number of anilines is 1. The van der Waals surface area contributed by atoms with Gasteiger partial charge >= 0.3 is 10.2 Å². The van der Waals surface area contributed by atoms with Crippen molar-refractivity contribution in [3.05, 3.63) is 29.1 Å². The number of nitrogens with one attached hydrogen (secondary N) is 3. The van der Waals surface area contributed by atoms with Crippen molar-refractivity contribution in [2.45, 2.75) is 65.8 Å². The number of nitrogens with zero attached hydrogens (tertiary/aromatic N) is 1. The first kappa shape index (κ1) is 23.7. The summed E-state index contributed by atoms with van der Waals surface area (Å²) >= 11 is 0. The van der Waals surface area contributed by atoms with E-state index in [9.17, 15) is 17.6 Å². The minimum absolute atomic E-state index is 0.169. The third-order valence-corrected chi connectivity index (χ3v) is 7.93. The van der Waals surface area contributed by atoms with E-state index in [1.807, 2.05) is 4.72 Å². The van der Waals surface area contributed by atoms with Crippen molar-refractivity contribution < 1.29 is 17.6 Å². The summed E-state index contributed by atoms with van der Waals surface area (Å²) in [6, 6.07) is 2.64. The minimum Gasteiger partial charge on any atom is -0.382 e. The van der Waals surface area contributed by atoms with Crippen LogP contribution < -0.4 is 10.0 Å². The number of amides is 1. The summed E-state index contributed by atoms with van der Waals surface area (Å²) in [5.74, 6) is -1.19. The highest BCUT2D eigenvalue weighted by Gasteiger charge is 2.32. The van der Waals surface area contributed by atoms with E-state index in [0.717, 1.165) is 36.4 Å². The molecule has 1 aromatic rings.